The van der Waals surface area contributed by atoms with Gasteiger partial charge in [-0.2, -0.15) is 0 Å². The van der Waals surface area contributed by atoms with Crippen LogP contribution in [0.15, 0.2) is 18.2 Å². The summed E-state index contributed by atoms with van der Waals surface area (Å²) < 4.78 is 24.9. The first-order valence-corrected chi connectivity index (χ1v) is 9.31. The lowest BCUT2D eigenvalue weighted by atomic mass is 10.1. The van der Waals surface area contributed by atoms with Crippen molar-refractivity contribution in [2.45, 2.75) is 18.9 Å². The predicted octanol–water partition coefficient (Wildman–Crippen LogP) is 0.443. The van der Waals surface area contributed by atoms with Crippen molar-refractivity contribution in [1.29, 1.82) is 0 Å². The van der Waals surface area contributed by atoms with Crippen molar-refractivity contribution >= 4 is 21.6 Å². The summed E-state index contributed by atoms with van der Waals surface area (Å²) in [6.07, 6.45) is 2.83. The molecule has 2 aliphatic heterocycles. The van der Waals surface area contributed by atoms with Crippen LogP contribution < -0.4 is 9.62 Å². The molecule has 2 aliphatic rings. The van der Waals surface area contributed by atoms with Crippen LogP contribution in [0.25, 0.3) is 0 Å². The number of rotatable bonds is 3. The van der Waals surface area contributed by atoms with Crippen molar-refractivity contribution in [2.75, 3.05) is 37.2 Å². The zero-order valence-corrected chi connectivity index (χ0v) is 13.7. The first-order chi connectivity index (χ1) is 10.4. The molecule has 0 radical (unpaired) electrons. The minimum absolute atomic E-state index is 0.00527. The standard InChI is InChI=1S/C15H21N3O3S/c1-17(13-5-7-16-10-13)15(19)12-3-4-14-11(9-12)6-8-18(14)22(2,20)21/h3-4,9,13,16H,5-8,10H2,1-2H3. The van der Waals surface area contributed by atoms with E-state index < -0.39 is 10.0 Å². The van der Waals surface area contributed by atoms with Crippen molar-refractivity contribution < 1.29 is 13.2 Å². The molecule has 120 valence electrons. The van der Waals surface area contributed by atoms with Crippen LogP contribution in [0.1, 0.15) is 22.3 Å². The minimum atomic E-state index is -3.25. The van der Waals surface area contributed by atoms with Gasteiger partial charge in [0.05, 0.1) is 11.9 Å². The number of sulfonamides is 1. The van der Waals surface area contributed by atoms with Crippen molar-refractivity contribution in [3.63, 3.8) is 0 Å². The predicted molar refractivity (Wildman–Crippen MR) is 85.7 cm³/mol. The molecule has 1 saturated heterocycles. The number of anilines is 1. The van der Waals surface area contributed by atoms with Crippen LogP contribution in [0.5, 0.6) is 0 Å². The molecule has 22 heavy (non-hydrogen) atoms. The molecular weight excluding hydrogens is 302 g/mol. The van der Waals surface area contributed by atoms with Crippen molar-refractivity contribution in [3.05, 3.63) is 29.3 Å². The summed E-state index contributed by atoms with van der Waals surface area (Å²) in [4.78, 5) is 14.4. The van der Waals surface area contributed by atoms with E-state index >= 15 is 0 Å². The topological polar surface area (TPSA) is 69.7 Å². The van der Waals surface area contributed by atoms with Gasteiger partial charge in [0, 0.05) is 31.7 Å². The number of carbonyl (C=O) groups excluding carboxylic acids is 1. The first-order valence-electron chi connectivity index (χ1n) is 7.46. The Morgan fingerprint density at radius 1 is 1.41 bits per heavy atom. The second-order valence-electron chi connectivity index (χ2n) is 5.99. The lowest BCUT2D eigenvalue weighted by Gasteiger charge is -2.24. The molecule has 7 heteroatoms. The number of hydrogen-bond acceptors (Lipinski definition) is 4. The average molecular weight is 323 g/mol. The molecule has 1 atom stereocenters. The number of amides is 1. The van der Waals surface area contributed by atoms with E-state index in [2.05, 4.69) is 5.32 Å². The van der Waals surface area contributed by atoms with Gasteiger partial charge in [0.15, 0.2) is 0 Å². The number of fused-ring (bicyclic) bond motifs is 1. The quantitative estimate of drug-likeness (QED) is 0.876. The fraction of sp³-hybridized carbons (Fsp3) is 0.533. The third kappa shape index (κ3) is 2.70. The molecule has 0 saturated carbocycles. The van der Waals surface area contributed by atoms with E-state index in [1.54, 1.807) is 17.0 Å². The highest BCUT2D eigenvalue weighted by Gasteiger charge is 2.28. The number of nitrogens with zero attached hydrogens (tertiary/aromatic N) is 2. The van der Waals surface area contributed by atoms with Gasteiger partial charge < -0.3 is 10.2 Å². The summed E-state index contributed by atoms with van der Waals surface area (Å²) in [6, 6.07) is 5.54. The highest BCUT2D eigenvalue weighted by Crippen LogP contribution is 2.31. The molecule has 1 amide bonds. The van der Waals surface area contributed by atoms with E-state index in [4.69, 9.17) is 0 Å². The molecule has 1 aromatic carbocycles. The van der Waals surface area contributed by atoms with E-state index in [9.17, 15) is 13.2 Å². The highest BCUT2D eigenvalue weighted by molar-refractivity contribution is 7.92. The van der Waals surface area contributed by atoms with Crippen LogP contribution in [-0.2, 0) is 16.4 Å². The van der Waals surface area contributed by atoms with Gasteiger partial charge in [-0.3, -0.25) is 9.10 Å². The maximum absolute atomic E-state index is 12.6. The molecule has 1 fully saturated rings. The van der Waals surface area contributed by atoms with Gasteiger partial charge in [0.2, 0.25) is 10.0 Å². The van der Waals surface area contributed by atoms with Crippen LogP contribution in [0.4, 0.5) is 5.69 Å². The molecular formula is C15H21N3O3S. The lowest BCUT2D eigenvalue weighted by Crippen LogP contribution is -2.38. The fourth-order valence-corrected chi connectivity index (χ4v) is 4.15. The molecule has 3 rings (SSSR count). The van der Waals surface area contributed by atoms with Crippen molar-refractivity contribution in [2.24, 2.45) is 0 Å². The highest BCUT2D eigenvalue weighted by atomic mass is 32.2. The summed E-state index contributed by atoms with van der Waals surface area (Å²) in [7, 11) is -1.42. The zero-order chi connectivity index (χ0) is 15.9. The summed E-state index contributed by atoms with van der Waals surface area (Å²) in [5.74, 6) is -0.00527. The Bertz CT molecular complexity index is 696. The van der Waals surface area contributed by atoms with E-state index in [1.807, 2.05) is 13.1 Å². The number of hydrogen-bond donors (Lipinski definition) is 1. The van der Waals surface area contributed by atoms with Gasteiger partial charge in [0.25, 0.3) is 5.91 Å². The fourth-order valence-electron chi connectivity index (χ4n) is 3.19. The molecule has 0 bridgehead atoms. The number of nitrogens with one attached hydrogen (secondary N) is 1. The Morgan fingerprint density at radius 3 is 2.82 bits per heavy atom. The van der Waals surface area contributed by atoms with Crippen molar-refractivity contribution in [3.8, 4) is 0 Å². The van der Waals surface area contributed by atoms with Crippen molar-refractivity contribution in [1.82, 2.24) is 10.2 Å². The Morgan fingerprint density at radius 2 is 2.18 bits per heavy atom. The molecule has 6 nitrogen and oxygen atoms in total. The molecule has 0 spiro atoms. The Kier molecular flexibility index (Phi) is 3.86. The van der Waals surface area contributed by atoms with Gasteiger partial charge in [-0.05, 0) is 43.1 Å². The Hall–Kier alpha value is -1.60. The first kappa shape index (κ1) is 15.3. The van der Waals surface area contributed by atoms with Gasteiger partial charge in [0.1, 0.15) is 0 Å². The lowest BCUT2D eigenvalue weighted by molar-refractivity contribution is 0.0743. The number of carbonyl (C=O) groups is 1. The average Bonchev–Trinajstić information content (AvgIpc) is 3.13. The summed E-state index contributed by atoms with van der Waals surface area (Å²) in [6.45, 7) is 2.22. The van der Waals surface area contributed by atoms with Crippen LogP contribution in [0, 0.1) is 0 Å². The normalized spacial score (nSPS) is 21.0. The zero-order valence-electron chi connectivity index (χ0n) is 12.9. The Labute approximate surface area is 131 Å². The van der Waals surface area contributed by atoms with Gasteiger partial charge in [-0.25, -0.2) is 8.42 Å². The minimum Gasteiger partial charge on any atom is -0.337 e. The van der Waals surface area contributed by atoms with E-state index in [0.717, 1.165) is 25.1 Å². The third-order valence-corrected chi connectivity index (χ3v) is 5.66. The van der Waals surface area contributed by atoms with Gasteiger partial charge in [-0.1, -0.05) is 0 Å². The van der Waals surface area contributed by atoms with Crippen LogP contribution >= 0.6 is 0 Å². The number of benzene rings is 1. The number of likely N-dealkylation sites (N-methyl/N-ethyl adjacent to an activating group) is 1. The smallest absolute Gasteiger partial charge is 0.253 e. The second-order valence-corrected chi connectivity index (χ2v) is 7.90. The second kappa shape index (κ2) is 5.55. The molecule has 2 heterocycles. The maximum atomic E-state index is 12.6. The van der Waals surface area contributed by atoms with Crippen LogP contribution in [-0.4, -0.2) is 58.2 Å². The van der Waals surface area contributed by atoms with Crippen LogP contribution in [0.3, 0.4) is 0 Å². The molecule has 1 aromatic rings. The van der Waals surface area contributed by atoms with E-state index in [1.165, 1.54) is 10.6 Å². The summed E-state index contributed by atoms with van der Waals surface area (Å²) in [5.41, 5.74) is 2.25. The molecule has 0 aromatic heterocycles. The summed E-state index contributed by atoms with van der Waals surface area (Å²) in [5, 5.41) is 3.26. The maximum Gasteiger partial charge on any atom is 0.253 e. The Balaban J connectivity index is 1.84. The molecule has 1 N–H and O–H groups in total. The molecule has 0 aliphatic carbocycles. The van der Waals surface area contributed by atoms with Gasteiger partial charge in [-0.15, -0.1) is 0 Å². The van der Waals surface area contributed by atoms with E-state index in [0.29, 0.717) is 24.2 Å². The van der Waals surface area contributed by atoms with Gasteiger partial charge >= 0.3 is 0 Å². The summed E-state index contributed by atoms with van der Waals surface area (Å²) >= 11 is 0. The SMILES string of the molecule is CN(C(=O)c1ccc2c(c1)CCN2S(C)(=O)=O)C1CCNC1. The third-order valence-electron chi connectivity index (χ3n) is 4.48. The largest absolute Gasteiger partial charge is 0.337 e. The monoisotopic (exact) mass is 323 g/mol. The van der Waals surface area contributed by atoms with E-state index in [-0.39, 0.29) is 11.9 Å². The molecule has 1 unspecified atom stereocenters. The van der Waals surface area contributed by atoms with Crippen LogP contribution in [0.2, 0.25) is 0 Å².